The zero-order valence-electron chi connectivity index (χ0n) is 10.7. The van der Waals surface area contributed by atoms with Crippen molar-refractivity contribution >= 4 is 10.0 Å². The third kappa shape index (κ3) is 3.80. The molecule has 0 amide bonds. The molecule has 0 saturated carbocycles. The first-order chi connectivity index (χ1) is 8.59. The number of nitrogens with zero attached hydrogens (tertiary/aromatic N) is 1. The van der Waals surface area contributed by atoms with Gasteiger partial charge in [0.2, 0.25) is 10.0 Å². The average Bonchev–Trinajstić information content (AvgIpc) is 2.77. The fourth-order valence-corrected chi connectivity index (χ4v) is 3.12. The van der Waals surface area contributed by atoms with Crippen LogP contribution in [0.4, 0.5) is 0 Å². The molecule has 2 rings (SSSR count). The van der Waals surface area contributed by atoms with Crippen molar-refractivity contribution in [3.05, 3.63) is 35.9 Å². The lowest BCUT2D eigenvalue weighted by Crippen LogP contribution is -2.37. The Hall–Kier alpha value is -0.910. The van der Waals surface area contributed by atoms with Gasteiger partial charge in [0, 0.05) is 25.7 Å². The van der Waals surface area contributed by atoms with E-state index in [0.717, 1.165) is 26.1 Å². The van der Waals surface area contributed by atoms with Gasteiger partial charge in [0.15, 0.2) is 0 Å². The van der Waals surface area contributed by atoms with E-state index < -0.39 is 10.0 Å². The summed E-state index contributed by atoms with van der Waals surface area (Å²) >= 11 is 0. The lowest BCUT2D eigenvalue weighted by atomic mass is 10.2. The van der Waals surface area contributed by atoms with E-state index in [9.17, 15) is 8.42 Å². The van der Waals surface area contributed by atoms with E-state index in [2.05, 4.69) is 21.8 Å². The Morgan fingerprint density at radius 3 is 2.72 bits per heavy atom. The Bertz CT molecular complexity index is 473. The van der Waals surface area contributed by atoms with Crippen LogP contribution in [0.1, 0.15) is 18.9 Å². The second kappa shape index (κ2) is 5.82. The van der Waals surface area contributed by atoms with E-state index in [1.54, 1.807) is 6.92 Å². The molecule has 1 heterocycles. The van der Waals surface area contributed by atoms with Gasteiger partial charge in [-0.05, 0) is 18.9 Å². The molecule has 0 radical (unpaired) electrons. The molecule has 4 nitrogen and oxygen atoms in total. The van der Waals surface area contributed by atoms with Crippen LogP contribution in [0.15, 0.2) is 30.3 Å². The molecule has 0 aromatic heterocycles. The second-order valence-electron chi connectivity index (χ2n) is 4.73. The maximum absolute atomic E-state index is 11.5. The molecule has 1 aromatic rings. The first-order valence-electron chi connectivity index (χ1n) is 6.35. The largest absolute Gasteiger partial charge is 0.297 e. The maximum atomic E-state index is 11.5. The summed E-state index contributed by atoms with van der Waals surface area (Å²) in [5.41, 5.74) is 1.27. The molecule has 1 N–H and O–H groups in total. The van der Waals surface area contributed by atoms with Gasteiger partial charge in [-0.2, -0.15) is 0 Å². The molecule has 1 aliphatic rings. The smallest absolute Gasteiger partial charge is 0.211 e. The maximum Gasteiger partial charge on any atom is 0.211 e. The molecular formula is C13H20N2O2S. The highest BCUT2D eigenvalue weighted by molar-refractivity contribution is 7.89. The van der Waals surface area contributed by atoms with Crippen molar-refractivity contribution in [3.63, 3.8) is 0 Å². The highest BCUT2D eigenvalue weighted by Crippen LogP contribution is 2.14. The minimum absolute atomic E-state index is 0.0682. The van der Waals surface area contributed by atoms with Crippen molar-refractivity contribution in [2.75, 3.05) is 18.8 Å². The lowest BCUT2D eigenvalue weighted by Gasteiger charge is -2.16. The van der Waals surface area contributed by atoms with E-state index in [-0.39, 0.29) is 11.8 Å². The van der Waals surface area contributed by atoms with Crippen molar-refractivity contribution in [1.29, 1.82) is 0 Å². The number of likely N-dealkylation sites (tertiary alicyclic amines) is 1. The summed E-state index contributed by atoms with van der Waals surface area (Å²) in [5, 5.41) is 0. The number of nitrogens with one attached hydrogen (secondary N) is 1. The third-order valence-corrected chi connectivity index (χ3v) is 4.70. The number of hydrogen-bond donors (Lipinski definition) is 1. The molecule has 100 valence electrons. The van der Waals surface area contributed by atoms with Crippen LogP contribution >= 0.6 is 0 Å². The van der Waals surface area contributed by atoms with Crippen LogP contribution in [0.3, 0.4) is 0 Å². The molecule has 1 aliphatic heterocycles. The van der Waals surface area contributed by atoms with Crippen LogP contribution in [-0.2, 0) is 16.6 Å². The Balaban J connectivity index is 1.86. The van der Waals surface area contributed by atoms with Gasteiger partial charge >= 0.3 is 0 Å². The molecule has 18 heavy (non-hydrogen) atoms. The molecule has 0 bridgehead atoms. The topological polar surface area (TPSA) is 49.4 Å². The predicted octanol–water partition coefficient (Wildman–Crippen LogP) is 1.20. The lowest BCUT2D eigenvalue weighted by molar-refractivity contribution is 0.324. The third-order valence-electron chi connectivity index (χ3n) is 3.25. The van der Waals surface area contributed by atoms with Gasteiger partial charge in [-0.3, -0.25) is 4.90 Å². The molecule has 0 aliphatic carbocycles. The van der Waals surface area contributed by atoms with E-state index in [1.165, 1.54) is 5.56 Å². The van der Waals surface area contributed by atoms with Crippen LogP contribution < -0.4 is 4.72 Å². The van der Waals surface area contributed by atoms with Crippen molar-refractivity contribution in [2.24, 2.45) is 0 Å². The number of sulfonamides is 1. The fourth-order valence-electron chi connectivity index (χ4n) is 2.25. The van der Waals surface area contributed by atoms with Crippen LogP contribution in [0, 0.1) is 0 Å². The van der Waals surface area contributed by atoms with Crippen molar-refractivity contribution in [1.82, 2.24) is 9.62 Å². The normalized spacial score (nSPS) is 21.3. The summed E-state index contributed by atoms with van der Waals surface area (Å²) in [6, 6.07) is 10.3. The van der Waals surface area contributed by atoms with Gasteiger partial charge in [-0.1, -0.05) is 30.3 Å². The van der Waals surface area contributed by atoms with Crippen LogP contribution in [0.25, 0.3) is 0 Å². The summed E-state index contributed by atoms with van der Waals surface area (Å²) in [7, 11) is -3.08. The summed E-state index contributed by atoms with van der Waals surface area (Å²) < 4.78 is 25.7. The minimum atomic E-state index is -3.08. The Labute approximate surface area is 109 Å². The quantitative estimate of drug-likeness (QED) is 0.873. The van der Waals surface area contributed by atoms with Gasteiger partial charge in [-0.25, -0.2) is 13.1 Å². The first kappa shape index (κ1) is 13.5. The number of benzene rings is 1. The van der Waals surface area contributed by atoms with Gasteiger partial charge in [0.25, 0.3) is 0 Å². The monoisotopic (exact) mass is 268 g/mol. The van der Waals surface area contributed by atoms with E-state index in [4.69, 9.17) is 0 Å². The van der Waals surface area contributed by atoms with E-state index >= 15 is 0 Å². The fraction of sp³-hybridized carbons (Fsp3) is 0.538. The van der Waals surface area contributed by atoms with Crippen LogP contribution in [0.2, 0.25) is 0 Å². The summed E-state index contributed by atoms with van der Waals surface area (Å²) in [6.07, 6.45) is 0.895. The van der Waals surface area contributed by atoms with E-state index in [1.807, 2.05) is 18.2 Å². The van der Waals surface area contributed by atoms with E-state index in [0.29, 0.717) is 0 Å². The van der Waals surface area contributed by atoms with Crippen LogP contribution in [0.5, 0.6) is 0 Å². The highest BCUT2D eigenvalue weighted by atomic mass is 32.2. The van der Waals surface area contributed by atoms with Crippen LogP contribution in [-0.4, -0.2) is 38.2 Å². The molecule has 1 unspecified atom stereocenters. The molecule has 1 aromatic carbocycles. The van der Waals surface area contributed by atoms with Gasteiger partial charge in [0.1, 0.15) is 0 Å². The number of hydrogen-bond acceptors (Lipinski definition) is 3. The van der Waals surface area contributed by atoms with Gasteiger partial charge in [0.05, 0.1) is 5.75 Å². The molecule has 1 fully saturated rings. The molecule has 5 heteroatoms. The first-order valence-corrected chi connectivity index (χ1v) is 8.00. The second-order valence-corrected chi connectivity index (χ2v) is 6.77. The molecule has 1 atom stereocenters. The summed E-state index contributed by atoms with van der Waals surface area (Å²) in [5.74, 6) is 0.155. The Morgan fingerprint density at radius 2 is 2.06 bits per heavy atom. The summed E-state index contributed by atoms with van der Waals surface area (Å²) in [6.45, 7) is 4.31. The van der Waals surface area contributed by atoms with Crippen molar-refractivity contribution < 1.29 is 8.42 Å². The van der Waals surface area contributed by atoms with Crippen molar-refractivity contribution in [2.45, 2.75) is 25.9 Å². The average molecular weight is 268 g/mol. The molecule has 1 saturated heterocycles. The number of rotatable bonds is 5. The van der Waals surface area contributed by atoms with Gasteiger partial charge < -0.3 is 0 Å². The molecule has 0 spiro atoms. The van der Waals surface area contributed by atoms with Crippen molar-refractivity contribution in [3.8, 4) is 0 Å². The van der Waals surface area contributed by atoms with Gasteiger partial charge in [-0.15, -0.1) is 0 Å². The predicted molar refractivity (Wildman–Crippen MR) is 72.7 cm³/mol. The molecular weight excluding hydrogens is 248 g/mol. The zero-order chi connectivity index (χ0) is 13.0. The highest BCUT2D eigenvalue weighted by Gasteiger charge is 2.25. The standard InChI is InChI=1S/C13H20N2O2S/c1-2-18(16,17)14-13-8-9-15(11-13)10-12-6-4-3-5-7-12/h3-7,13-14H,2,8-11H2,1H3. The SMILES string of the molecule is CCS(=O)(=O)NC1CCN(Cc2ccccc2)C1. The Kier molecular flexibility index (Phi) is 4.37. The summed E-state index contributed by atoms with van der Waals surface area (Å²) in [4.78, 5) is 2.29. The minimum Gasteiger partial charge on any atom is -0.297 e. The zero-order valence-corrected chi connectivity index (χ0v) is 11.5. The Morgan fingerprint density at radius 1 is 1.33 bits per heavy atom.